The molecule has 5 aromatic rings. The lowest BCUT2D eigenvalue weighted by atomic mass is 9.71. The summed E-state index contributed by atoms with van der Waals surface area (Å²) < 4.78 is 0. The summed E-state index contributed by atoms with van der Waals surface area (Å²) in [5.41, 5.74) is 17.7. The van der Waals surface area contributed by atoms with E-state index in [9.17, 15) is 10.2 Å². The first-order valence-electron chi connectivity index (χ1n) is 20.1. The fraction of sp³-hybridized carbons (Fsp3) is 0.300. The van der Waals surface area contributed by atoms with Gasteiger partial charge in [-0.25, -0.2) is 0 Å². The first kappa shape index (κ1) is 41.5. The molecule has 2 aliphatic rings. The number of hydrazone groups is 1. The SMILES string of the molecule is CC(C)(C)c1cc(C(C)(C)Cc2cccc(C(C)(C)c3cc(C(C)(C)c4ccccc4)cc(N=Nc4ccccc4N)c3O)c2)cc(N2N=C3C=C(Cl)C=CC3N2)c1O. The molecule has 0 radical (unpaired) electrons. The highest BCUT2D eigenvalue weighted by Gasteiger charge is 2.35. The van der Waals surface area contributed by atoms with Crippen molar-refractivity contribution in [2.45, 2.75) is 96.4 Å². The Labute approximate surface area is 353 Å². The van der Waals surface area contributed by atoms with E-state index in [1.165, 1.54) is 0 Å². The highest BCUT2D eigenvalue weighted by atomic mass is 35.5. The molecule has 0 aromatic heterocycles. The summed E-state index contributed by atoms with van der Waals surface area (Å²) >= 11 is 6.30. The minimum absolute atomic E-state index is 0.0742. The van der Waals surface area contributed by atoms with Crippen LogP contribution in [0.3, 0.4) is 0 Å². The summed E-state index contributed by atoms with van der Waals surface area (Å²) in [6.07, 6.45) is 6.38. The van der Waals surface area contributed by atoms with Crippen LogP contribution in [0, 0.1) is 0 Å². The van der Waals surface area contributed by atoms with Crippen molar-refractivity contribution in [1.29, 1.82) is 0 Å². The van der Waals surface area contributed by atoms with Crippen LogP contribution in [-0.4, -0.2) is 22.0 Å². The molecule has 1 aliphatic carbocycles. The van der Waals surface area contributed by atoms with E-state index in [-0.39, 0.29) is 28.4 Å². The molecule has 1 heterocycles. The summed E-state index contributed by atoms with van der Waals surface area (Å²) in [7, 11) is 0. The number of hydrogen-bond donors (Lipinski definition) is 4. The predicted molar refractivity (Wildman–Crippen MR) is 244 cm³/mol. The van der Waals surface area contributed by atoms with Gasteiger partial charge in [-0.1, -0.05) is 159 Å². The van der Waals surface area contributed by atoms with Gasteiger partial charge in [-0.2, -0.15) is 15.6 Å². The normalized spacial score (nSPS) is 16.0. The molecular formula is C50H55ClN6O2. The van der Waals surface area contributed by atoms with Crippen LogP contribution in [0.1, 0.15) is 101 Å². The van der Waals surface area contributed by atoms with Gasteiger partial charge in [0.25, 0.3) is 0 Å². The summed E-state index contributed by atoms with van der Waals surface area (Å²) in [6.45, 7) is 19.5. The largest absolute Gasteiger partial charge is 0.505 e. The van der Waals surface area contributed by atoms with Gasteiger partial charge in [0, 0.05) is 27.0 Å². The maximum Gasteiger partial charge on any atom is 0.147 e. The van der Waals surface area contributed by atoms with E-state index >= 15 is 0 Å². The molecule has 0 spiro atoms. The van der Waals surface area contributed by atoms with Crippen LogP contribution < -0.4 is 16.3 Å². The molecule has 0 bridgehead atoms. The van der Waals surface area contributed by atoms with Crippen molar-refractivity contribution in [1.82, 2.24) is 5.43 Å². The molecule has 8 nitrogen and oxygen atoms in total. The van der Waals surface area contributed by atoms with Crippen molar-refractivity contribution in [3.63, 3.8) is 0 Å². The molecule has 7 rings (SSSR count). The van der Waals surface area contributed by atoms with Crippen LogP contribution in [0.15, 0.2) is 142 Å². The quantitative estimate of drug-likeness (QED) is 0.0828. The summed E-state index contributed by atoms with van der Waals surface area (Å²) in [5.74, 6) is 0.268. The van der Waals surface area contributed by atoms with Crippen molar-refractivity contribution < 1.29 is 10.2 Å². The van der Waals surface area contributed by atoms with Crippen LogP contribution in [0.25, 0.3) is 0 Å². The molecule has 0 saturated heterocycles. The van der Waals surface area contributed by atoms with Crippen LogP contribution in [0.5, 0.6) is 11.5 Å². The highest BCUT2D eigenvalue weighted by Crippen LogP contribution is 2.47. The first-order valence-corrected chi connectivity index (χ1v) is 20.5. The van der Waals surface area contributed by atoms with E-state index < -0.39 is 10.8 Å². The number of para-hydroxylation sites is 1. The van der Waals surface area contributed by atoms with Gasteiger partial charge < -0.3 is 15.9 Å². The Bertz CT molecular complexity index is 2530. The topological polar surface area (TPSA) is 119 Å². The molecule has 1 atom stereocenters. The average Bonchev–Trinajstić information content (AvgIpc) is 3.60. The number of nitrogens with zero attached hydrogens (tertiary/aromatic N) is 4. The monoisotopic (exact) mass is 806 g/mol. The number of nitrogens with one attached hydrogen (secondary N) is 1. The molecule has 1 unspecified atom stereocenters. The van der Waals surface area contributed by atoms with Crippen molar-refractivity contribution in [3.8, 4) is 11.5 Å². The van der Waals surface area contributed by atoms with Gasteiger partial charge in [0.05, 0.1) is 17.4 Å². The summed E-state index contributed by atoms with van der Waals surface area (Å²) in [6, 6.07) is 34.4. The lowest BCUT2D eigenvalue weighted by Gasteiger charge is -2.33. The molecule has 5 N–H and O–H groups in total. The second-order valence-electron chi connectivity index (χ2n) is 18.5. The Hall–Kier alpha value is -5.70. The number of phenolic OH excluding ortho intramolecular Hbond substituents is 2. The number of phenols is 2. The lowest BCUT2D eigenvalue weighted by Crippen LogP contribution is -2.37. The molecule has 0 saturated carbocycles. The number of aromatic hydroxyl groups is 2. The number of halogens is 1. The molecule has 0 fully saturated rings. The number of rotatable bonds is 10. The zero-order valence-corrected chi connectivity index (χ0v) is 36.2. The van der Waals surface area contributed by atoms with E-state index in [0.29, 0.717) is 34.2 Å². The van der Waals surface area contributed by atoms with Crippen molar-refractivity contribution in [3.05, 3.63) is 165 Å². The van der Waals surface area contributed by atoms with Gasteiger partial charge in [0.1, 0.15) is 28.6 Å². The van der Waals surface area contributed by atoms with Crippen LogP contribution in [0.2, 0.25) is 0 Å². The predicted octanol–water partition coefficient (Wildman–Crippen LogP) is 12.3. The van der Waals surface area contributed by atoms with Gasteiger partial charge in [-0.3, -0.25) is 0 Å². The number of fused-ring (bicyclic) bond motifs is 1. The van der Waals surface area contributed by atoms with E-state index in [1.54, 1.807) is 11.2 Å². The molecule has 5 aromatic carbocycles. The standard InChI is InChI=1S/C50H55ClN6O2/c1-47(2,3)37-25-34(28-44(46(37)59)57-55-41-23-22-36(51)29-42(41)56-57)48(4,5)30-31-16-15-19-33(24-31)50(8,9)38-26-35(49(6,7)32-17-11-10-12-18-32)27-43(45(38)58)54-53-40-21-14-13-20-39(40)52/h10-29,41,55,58-59H,30,52H2,1-9H3. The number of nitrogens with two attached hydrogens (primary N) is 1. The van der Waals surface area contributed by atoms with Crippen LogP contribution >= 0.6 is 11.6 Å². The Morgan fingerprint density at radius 1 is 0.695 bits per heavy atom. The van der Waals surface area contributed by atoms with Gasteiger partial charge in [-0.05, 0) is 81.5 Å². The number of allylic oxidation sites excluding steroid dienone is 2. The van der Waals surface area contributed by atoms with Crippen LogP contribution in [0.4, 0.5) is 22.7 Å². The number of nitrogen functional groups attached to an aromatic ring is 1. The fourth-order valence-electron chi connectivity index (χ4n) is 7.99. The maximum atomic E-state index is 12.1. The lowest BCUT2D eigenvalue weighted by molar-refractivity contribution is 0.440. The average molecular weight is 807 g/mol. The Morgan fingerprint density at radius 3 is 2.07 bits per heavy atom. The Balaban J connectivity index is 1.27. The Kier molecular flexibility index (Phi) is 10.9. The highest BCUT2D eigenvalue weighted by molar-refractivity contribution is 6.33. The molecule has 304 valence electrons. The molecule has 59 heavy (non-hydrogen) atoms. The molecule has 0 amide bonds. The summed E-state index contributed by atoms with van der Waals surface area (Å²) in [5, 5.41) is 40.0. The minimum atomic E-state index is -0.642. The zero-order valence-electron chi connectivity index (χ0n) is 35.5. The van der Waals surface area contributed by atoms with E-state index in [2.05, 4.69) is 126 Å². The van der Waals surface area contributed by atoms with Crippen LogP contribution in [-0.2, 0) is 28.1 Å². The fourth-order valence-corrected chi connectivity index (χ4v) is 8.17. The van der Waals surface area contributed by atoms with Gasteiger partial charge in [0.15, 0.2) is 0 Å². The third-order valence-electron chi connectivity index (χ3n) is 11.9. The number of azo groups is 1. The Morgan fingerprint density at radius 2 is 1.36 bits per heavy atom. The van der Waals surface area contributed by atoms with Crippen molar-refractivity contribution >= 4 is 40.1 Å². The van der Waals surface area contributed by atoms with Gasteiger partial charge in [-0.15, -0.1) is 10.2 Å². The van der Waals surface area contributed by atoms with Gasteiger partial charge in [0.2, 0.25) is 0 Å². The number of hydrogen-bond acceptors (Lipinski definition) is 8. The summed E-state index contributed by atoms with van der Waals surface area (Å²) in [4.78, 5) is 0. The van der Waals surface area contributed by atoms with Crippen molar-refractivity contribution in [2.24, 2.45) is 15.3 Å². The third-order valence-corrected chi connectivity index (χ3v) is 12.1. The number of hydrazine groups is 1. The molecule has 9 heteroatoms. The smallest absolute Gasteiger partial charge is 0.147 e. The third kappa shape index (κ3) is 8.30. The number of anilines is 2. The first-order chi connectivity index (χ1) is 27.8. The molecule has 1 aliphatic heterocycles. The second-order valence-corrected chi connectivity index (χ2v) is 18.9. The van der Waals surface area contributed by atoms with Crippen molar-refractivity contribution in [2.75, 3.05) is 10.9 Å². The maximum absolute atomic E-state index is 12.1. The minimum Gasteiger partial charge on any atom is -0.505 e. The van der Waals surface area contributed by atoms with E-state index in [0.717, 1.165) is 44.7 Å². The van der Waals surface area contributed by atoms with Gasteiger partial charge >= 0.3 is 0 Å². The van der Waals surface area contributed by atoms with E-state index in [1.807, 2.05) is 66.8 Å². The van der Waals surface area contributed by atoms with E-state index in [4.69, 9.17) is 22.4 Å². The number of benzene rings is 5. The second kappa shape index (κ2) is 15.5. The zero-order chi connectivity index (χ0) is 42.5. The molecular weight excluding hydrogens is 752 g/mol.